The van der Waals surface area contributed by atoms with E-state index in [1.54, 1.807) is 19.4 Å². The minimum absolute atomic E-state index is 0.268. The maximum absolute atomic E-state index is 10.4. The summed E-state index contributed by atoms with van der Waals surface area (Å²) in [6, 6.07) is 1.79. The van der Waals surface area contributed by atoms with Crippen molar-refractivity contribution in [3.63, 3.8) is 0 Å². The zero-order valence-corrected chi connectivity index (χ0v) is 9.58. The summed E-state index contributed by atoms with van der Waals surface area (Å²) in [5.41, 5.74) is -0.961. The summed E-state index contributed by atoms with van der Waals surface area (Å²) in [6.45, 7) is 0.282. The Morgan fingerprint density at radius 2 is 2.43 bits per heavy atom. The second-order valence-corrected chi connectivity index (χ2v) is 4.58. The molecule has 0 amide bonds. The fraction of sp³-hybridized carbons (Fsp3) is 0.600. The normalized spacial score (nSPS) is 20.8. The highest BCUT2D eigenvalue weighted by Crippen LogP contribution is 2.47. The monoisotopic (exact) mass is 260 g/mol. The van der Waals surface area contributed by atoms with Gasteiger partial charge in [-0.05, 0) is 40.8 Å². The highest BCUT2D eigenvalue weighted by atomic mass is 79.9. The number of rotatable bonds is 4. The van der Waals surface area contributed by atoms with Crippen LogP contribution in [0.25, 0.3) is 0 Å². The molecule has 1 aliphatic rings. The van der Waals surface area contributed by atoms with E-state index in [4.69, 9.17) is 9.15 Å². The van der Waals surface area contributed by atoms with E-state index in [0.717, 1.165) is 17.3 Å². The van der Waals surface area contributed by atoms with E-state index in [1.807, 2.05) is 0 Å². The molecule has 2 rings (SSSR count). The first-order valence-corrected chi connectivity index (χ1v) is 5.42. The topological polar surface area (TPSA) is 42.6 Å². The van der Waals surface area contributed by atoms with E-state index in [9.17, 15) is 5.11 Å². The van der Waals surface area contributed by atoms with Crippen LogP contribution in [0.4, 0.5) is 0 Å². The summed E-state index contributed by atoms with van der Waals surface area (Å²) in [6.07, 6.45) is 3.64. The van der Waals surface area contributed by atoms with Crippen molar-refractivity contribution in [3.8, 4) is 0 Å². The average Bonchev–Trinajstić information content (AvgIpc) is 2.90. The number of methoxy groups -OCH3 is 1. The molecule has 1 aromatic heterocycles. The standard InChI is InChI=1S/C10H13BrO3/c1-13-6-10(12,7-2-3-7)9-8(11)4-5-14-9/h4-5,7,12H,2-3,6H2,1H3. The number of hydrogen-bond donors (Lipinski definition) is 1. The van der Waals surface area contributed by atoms with Crippen LogP contribution in [0.5, 0.6) is 0 Å². The molecule has 0 aromatic carbocycles. The van der Waals surface area contributed by atoms with Crippen LogP contribution in [0, 0.1) is 5.92 Å². The van der Waals surface area contributed by atoms with Crippen LogP contribution in [0.15, 0.2) is 21.2 Å². The third-order valence-corrected chi connectivity index (χ3v) is 3.25. The van der Waals surface area contributed by atoms with Gasteiger partial charge >= 0.3 is 0 Å². The van der Waals surface area contributed by atoms with Gasteiger partial charge in [0.2, 0.25) is 0 Å². The van der Waals surface area contributed by atoms with Gasteiger partial charge in [0, 0.05) is 7.11 Å². The molecule has 1 aromatic rings. The van der Waals surface area contributed by atoms with Crippen LogP contribution >= 0.6 is 15.9 Å². The Morgan fingerprint density at radius 1 is 1.71 bits per heavy atom. The zero-order chi connectivity index (χ0) is 10.2. The van der Waals surface area contributed by atoms with E-state index >= 15 is 0 Å². The van der Waals surface area contributed by atoms with Gasteiger partial charge in [0.05, 0.1) is 17.3 Å². The quantitative estimate of drug-likeness (QED) is 0.904. The van der Waals surface area contributed by atoms with Crippen molar-refractivity contribution >= 4 is 15.9 Å². The molecule has 0 aliphatic heterocycles. The molecule has 1 unspecified atom stereocenters. The Labute approximate surface area is 91.2 Å². The Kier molecular flexibility index (Phi) is 2.68. The van der Waals surface area contributed by atoms with E-state index in [-0.39, 0.29) is 12.5 Å². The molecule has 1 aliphatic carbocycles. The minimum atomic E-state index is -0.961. The van der Waals surface area contributed by atoms with Crippen LogP contribution in [-0.4, -0.2) is 18.8 Å². The van der Waals surface area contributed by atoms with Crippen molar-refractivity contribution in [1.82, 2.24) is 0 Å². The minimum Gasteiger partial charge on any atom is -0.465 e. The summed E-state index contributed by atoms with van der Waals surface area (Å²) in [5.74, 6) is 0.853. The van der Waals surface area contributed by atoms with Crippen LogP contribution in [0.3, 0.4) is 0 Å². The second-order valence-electron chi connectivity index (χ2n) is 3.73. The predicted molar refractivity (Wildman–Crippen MR) is 54.9 cm³/mol. The molecule has 1 fully saturated rings. The van der Waals surface area contributed by atoms with Gasteiger partial charge in [-0.3, -0.25) is 0 Å². The second kappa shape index (κ2) is 3.68. The fourth-order valence-corrected chi connectivity index (χ4v) is 2.30. The molecule has 0 radical (unpaired) electrons. The Bertz CT molecular complexity index is 319. The first-order valence-electron chi connectivity index (χ1n) is 4.63. The van der Waals surface area contributed by atoms with Crippen LogP contribution < -0.4 is 0 Å². The summed E-state index contributed by atoms with van der Waals surface area (Å²) < 4.78 is 11.2. The van der Waals surface area contributed by atoms with Crippen molar-refractivity contribution in [2.24, 2.45) is 5.92 Å². The maximum Gasteiger partial charge on any atom is 0.152 e. The van der Waals surface area contributed by atoms with E-state index < -0.39 is 5.60 Å². The van der Waals surface area contributed by atoms with E-state index in [0.29, 0.717) is 5.76 Å². The highest BCUT2D eigenvalue weighted by Gasteiger charge is 2.48. The number of aliphatic hydroxyl groups is 1. The molecule has 4 heteroatoms. The molecule has 3 nitrogen and oxygen atoms in total. The van der Waals surface area contributed by atoms with Gasteiger partial charge in [0.15, 0.2) is 5.76 Å². The maximum atomic E-state index is 10.4. The lowest BCUT2D eigenvalue weighted by Gasteiger charge is -2.25. The zero-order valence-electron chi connectivity index (χ0n) is 8.00. The SMILES string of the molecule is COCC(O)(c1occc1Br)C1CC1. The first kappa shape index (κ1) is 10.2. The van der Waals surface area contributed by atoms with Crippen molar-refractivity contribution in [3.05, 3.63) is 22.6 Å². The van der Waals surface area contributed by atoms with Gasteiger partial charge in [-0.15, -0.1) is 0 Å². The molecule has 0 saturated heterocycles. The van der Waals surface area contributed by atoms with E-state index in [2.05, 4.69) is 15.9 Å². The van der Waals surface area contributed by atoms with Gasteiger partial charge in [0.25, 0.3) is 0 Å². The summed E-state index contributed by atoms with van der Waals surface area (Å²) in [4.78, 5) is 0. The van der Waals surface area contributed by atoms with Crippen molar-refractivity contribution in [2.45, 2.75) is 18.4 Å². The van der Waals surface area contributed by atoms with Crippen molar-refractivity contribution < 1.29 is 14.3 Å². The molecule has 78 valence electrons. The molecule has 0 spiro atoms. The van der Waals surface area contributed by atoms with E-state index in [1.165, 1.54) is 0 Å². The molecule has 0 bridgehead atoms. The van der Waals surface area contributed by atoms with Gasteiger partial charge in [0.1, 0.15) is 5.60 Å². The Hall–Kier alpha value is -0.320. The van der Waals surface area contributed by atoms with Gasteiger partial charge in [-0.1, -0.05) is 0 Å². The van der Waals surface area contributed by atoms with Crippen LogP contribution in [0.1, 0.15) is 18.6 Å². The lowest BCUT2D eigenvalue weighted by atomic mass is 9.96. The van der Waals surface area contributed by atoms with Gasteiger partial charge in [-0.25, -0.2) is 0 Å². The van der Waals surface area contributed by atoms with Crippen LogP contribution in [-0.2, 0) is 10.3 Å². The number of ether oxygens (including phenoxy) is 1. The lowest BCUT2D eigenvalue weighted by molar-refractivity contribution is -0.0684. The van der Waals surface area contributed by atoms with Crippen molar-refractivity contribution in [2.75, 3.05) is 13.7 Å². The smallest absolute Gasteiger partial charge is 0.152 e. The van der Waals surface area contributed by atoms with Crippen molar-refractivity contribution in [1.29, 1.82) is 0 Å². The fourth-order valence-electron chi connectivity index (χ4n) is 1.75. The average molecular weight is 261 g/mol. The summed E-state index contributed by atoms with van der Waals surface area (Å²) >= 11 is 3.36. The van der Waals surface area contributed by atoms with Gasteiger partial charge in [-0.2, -0.15) is 0 Å². The highest BCUT2D eigenvalue weighted by molar-refractivity contribution is 9.10. The van der Waals surface area contributed by atoms with Crippen LogP contribution in [0.2, 0.25) is 0 Å². The molecular formula is C10H13BrO3. The Morgan fingerprint density at radius 3 is 2.86 bits per heavy atom. The number of furan rings is 1. The molecule has 1 atom stereocenters. The predicted octanol–water partition coefficient (Wildman–Crippen LogP) is 2.29. The van der Waals surface area contributed by atoms with Gasteiger partial charge < -0.3 is 14.3 Å². The molecule has 1 saturated carbocycles. The molecule has 14 heavy (non-hydrogen) atoms. The third-order valence-electron chi connectivity index (χ3n) is 2.63. The lowest BCUT2D eigenvalue weighted by Crippen LogP contribution is -2.33. The Balaban J connectivity index is 2.30. The summed E-state index contributed by atoms with van der Waals surface area (Å²) in [5, 5.41) is 10.4. The molecular weight excluding hydrogens is 248 g/mol. The summed E-state index contributed by atoms with van der Waals surface area (Å²) in [7, 11) is 1.59. The number of halogens is 1. The largest absolute Gasteiger partial charge is 0.465 e. The molecule has 1 N–H and O–H groups in total. The molecule has 1 heterocycles. The number of hydrogen-bond acceptors (Lipinski definition) is 3. The third kappa shape index (κ3) is 1.62. The first-order chi connectivity index (χ1) is 6.68.